The van der Waals surface area contributed by atoms with E-state index >= 15 is 0 Å². The monoisotopic (exact) mass is 255 g/mol. The van der Waals surface area contributed by atoms with E-state index in [2.05, 4.69) is 48.8 Å². The van der Waals surface area contributed by atoms with Crippen LogP contribution in [0, 0.1) is 5.92 Å². The summed E-state index contributed by atoms with van der Waals surface area (Å²) < 4.78 is 5.48. The van der Waals surface area contributed by atoms with Crippen LogP contribution >= 0.6 is 0 Å². The second kappa shape index (κ2) is 5.22. The van der Waals surface area contributed by atoms with Crippen molar-refractivity contribution >= 4 is 10.8 Å². The topological polar surface area (TPSA) is 21.3 Å². The first-order valence-electron chi connectivity index (χ1n) is 7.08. The van der Waals surface area contributed by atoms with Crippen LogP contribution in [-0.2, 0) is 0 Å². The maximum absolute atomic E-state index is 5.48. The second-order valence-corrected chi connectivity index (χ2v) is 5.36. The molecule has 0 amide bonds. The molecule has 0 heterocycles. The number of hydrogen-bond acceptors (Lipinski definition) is 2. The van der Waals surface area contributed by atoms with Crippen molar-refractivity contribution in [2.45, 2.75) is 25.3 Å². The number of benzene rings is 2. The summed E-state index contributed by atoms with van der Waals surface area (Å²) in [5, 5.41) is 6.03. The van der Waals surface area contributed by atoms with Gasteiger partial charge in [0.1, 0.15) is 5.75 Å². The minimum absolute atomic E-state index is 0.463. The Balaban J connectivity index is 2.12. The highest BCUT2D eigenvalue weighted by molar-refractivity contribution is 5.91. The van der Waals surface area contributed by atoms with Crippen molar-refractivity contribution in [1.29, 1.82) is 0 Å². The van der Waals surface area contributed by atoms with Gasteiger partial charge in [0.2, 0.25) is 0 Å². The average molecular weight is 255 g/mol. The minimum Gasteiger partial charge on any atom is -0.496 e. The Hall–Kier alpha value is -1.54. The molecule has 1 atom stereocenters. The summed E-state index contributed by atoms with van der Waals surface area (Å²) in [6, 6.07) is 13.3. The number of rotatable bonds is 4. The van der Waals surface area contributed by atoms with Crippen molar-refractivity contribution in [2.24, 2.45) is 5.92 Å². The van der Waals surface area contributed by atoms with Crippen molar-refractivity contribution in [1.82, 2.24) is 5.32 Å². The van der Waals surface area contributed by atoms with Crippen LogP contribution in [0.2, 0.25) is 0 Å². The van der Waals surface area contributed by atoms with E-state index in [1.807, 2.05) is 0 Å². The lowest BCUT2D eigenvalue weighted by molar-refractivity contribution is 0.240. The van der Waals surface area contributed by atoms with E-state index in [0.29, 0.717) is 6.04 Å². The SMILES string of the molecule is CNC(c1ccc(OC)c2ccccc12)C1CCC1. The third-order valence-electron chi connectivity index (χ3n) is 4.41. The molecule has 1 N–H and O–H groups in total. The molecule has 0 bridgehead atoms. The summed E-state index contributed by atoms with van der Waals surface area (Å²) in [6.07, 6.45) is 4.05. The molecule has 0 aliphatic heterocycles. The van der Waals surface area contributed by atoms with E-state index in [0.717, 1.165) is 11.7 Å². The lowest BCUT2D eigenvalue weighted by Crippen LogP contribution is -2.29. The van der Waals surface area contributed by atoms with Crippen molar-refractivity contribution in [2.75, 3.05) is 14.2 Å². The fourth-order valence-corrected chi connectivity index (χ4v) is 3.16. The van der Waals surface area contributed by atoms with Gasteiger partial charge < -0.3 is 10.1 Å². The van der Waals surface area contributed by atoms with Gasteiger partial charge in [-0.05, 0) is 42.8 Å². The van der Waals surface area contributed by atoms with Crippen LogP contribution < -0.4 is 10.1 Å². The van der Waals surface area contributed by atoms with Gasteiger partial charge in [0.15, 0.2) is 0 Å². The van der Waals surface area contributed by atoms with Crippen LogP contribution in [-0.4, -0.2) is 14.2 Å². The number of nitrogens with one attached hydrogen (secondary N) is 1. The largest absolute Gasteiger partial charge is 0.496 e. The first kappa shape index (κ1) is 12.5. The lowest BCUT2D eigenvalue weighted by Gasteiger charge is -2.34. The van der Waals surface area contributed by atoms with E-state index < -0.39 is 0 Å². The van der Waals surface area contributed by atoms with E-state index in [9.17, 15) is 0 Å². The van der Waals surface area contributed by atoms with Gasteiger partial charge in [-0.15, -0.1) is 0 Å². The third-order valence-corrected chi connectivity index (χ3v) is 4.41. The lowest BCUT2D eigenvalue weighted by atomic mass is 9.76. The number of methoxy groups -OCH3 is 1. The highest BCUT2D eigenvalue weighted by Crippen LogP contribution is 2.41. The molecule has 1 aliphatic carbocycles. The maximum atomic E-state index is 5.48. The van der Waals surface area contributed by atoms with Gasteiger partial charge in [-0.25, -0.2) is 0 Å². The Morgan fingerprint density at radius 2 is 1.84 bits per heavy atom. The van der Waals surface area contributed by atoms with Gasteiger partial charge >= 0.3 is 0 Å². The summed E-state index contributed by atoms with van der Waals surface area (Å²) >= 11 is 0. The first-order valence-corrected chi connectivity index (χ1v) is 7.08. The number of fused-ring (bicyclic) bond motifs is 1. The minimum atomic E-state index is 0.463. The summed E-state index contributed by atoms with van der Waals surface area (Å²) in [4.78, 5) is 0. The Bertz CT molecular complexity index is 574. The van der Waals surface area contributed by atoms with Crippen LogP contribution in [0.4, 0.5) is 0 Å². The molecule has 1 fully saturated rings. The molecule has 2 heteroatoms. The summed E-state index contributed by atoms with van der Waals surface area (Å²) in [5.41, 5.74) is 1.41. The van der Waals surface area contributed by atoms with Gasteiger partial charge in [-0.3, -0.25) is 0 Å². The Labute approximate surface area is 114 Å². The Morgan fingerprint density at radius 1 is 1.11 bits per heavy atom. The van der Waals surface area contributed by atoms with Crippen LogP contribution in [0.15, 0.2) is 36.4 Å². The molecule has 1 aliphatic rings. The van der Waals surface area contributed by atoms with Crippen LogP contribution in [0.1, 0.15) is 30.9 Å². The zero-order valence-corrected chi connectivity index (χ0v) is 11.6. The number of hydrogen-bond donors (Lipinski definition) is 1. The van der Waals surface area contributed by atoms with Crippen molar-refractivity contribution in [3.8, 4) is 5.75 Å². The van der Waals surface area contributed by atoms with Gasteiger partial charge in [-0.2, -0.15) is 0 Å². The molecule has 100 valence electrons. The quantitative estimate of drug-likeness (QED) is 0.894. The first-order chi connectivity index (χ1) is 9.35. The van der Waals surface area contributed by atoms with E-state index in [4.69, 9.17) is 4.74 Å². The van der Waals surface area contributed by atoms with Crippen molar-refractivity contribution < 1.29 is 4.74 Å². The second-order valence-electron chi connectivity index (χ2n) is 5.36. The zero-order valence-electron chi connectivity index (χ0n) is 11.6. The predicted molar refractivity (Wildman–Crippen MR) is 79.6 cm³/mol. The maximum Gasteiger partial charge on any atom is 0.126 e. The fourth-order valence-electron chi connectivity index (χ4n) is 3.16. The molecule has 2 aromatic carbocycles. The molecule has 2 nitrogen and oxygen atoms in total. The molecular weight excluding hydrogens is 234 g/mol. The normalized spacial score (nSPS) is 17.2. The molecule has 0 radical (unpaired) electrons. The molecule has 1 saturated carbocycles. The zero-order chi connectivity index (χ0) is 13.2. The molecule has 0 spiro atoms. The predicted octanol–water partition coefficient (Wildman–Crippen LogP) is 3.91. The Kier molecular flexibility index (Phi) is 3.43. The summed E-state index contributed by atoms with van der Waals surface area (Å²) in [6.45, 7) is 0. The molecule has 0 saturated heterocycles. The molecule has 0 aromatic heterocycles. The van der Waals surface area contributed by atoms with Crippen molar-refractivity contribution in [3.05, 3.63) is 42.0 Å². The van der Waals surface area contributed by atoms with Gasteiger partial charge in [0.05, 0.1) is 7.11 Å². The number of ether oxygens (including phenoxy) is 1. The van der Waals surface area contributed by atoms with Crippen LogP contribution in [0.5, 0.6) is 5.75 Å². The molecule has 1 unspecified atom stereocenters. The van der Waals surface area contributed by atoms with Gasteiger partial charge in [0, 0.05) is 11.4 Å². The highest BCUT2D eigenvalue weighted by Gasteiger charge is 2.28. The van der Waals surface area contributed by atoms with Gasteiger partial charge in [-0.1, -0.05) is 36.8 Å². The van der Waals surface area contributed by atoms with Crippen LogP contribution in [0.3, 0.4) is 0 Å². The summed E-state index contributed by atoms with van der Waals surface area (Å²) in [7, 11) is 3.81. The molecule has 19 heavy (non-hydrogen) atoms. The van der Waals surface area contributed by atoms with E-state index in [-0.39, 0.29) is 0 Å². The van der Waals surface area contributed by atoms with Crippen LogP contribution in [0.25, 0.3) is 10.8 Å². The molecule has 2 aromatic rings. The van der Waals surface area contributed by atoms with Gasteiger partial charge in [0.25, 0.3) is 0 Å². The van der Waals surface area contributed by atoms with Crippen molar-refractivity contribution in [3.63, 3.8) is 0 Å². The van der Waals surface area contributed by atoms with E-state index in [1.54, 1.807) is 7.11 Å². The highest BCUT2D eigenvalue weighted by atomic mass is 16.5. The standard InChI is InChI=1S/C17H21NO/c1-18-17(12-6-5-7-12)15-10-11-16(19-2)14-9-4-3-8-13(14)15/h3-4,8-12,17-18H,5-7H2,1-2H3. The summed E-state index contributed by atoms with van der Waals surface area (Å²) in [5.74, 6) is 1.74. The molecular formula is C17H21NO. The van der Waals surface area contributed by atoms with E-state index in [1.165, 1.54) is 35.6 Å². The molecule has 3 rings (SSSR count). The average Bonchev–Trinajstić information content (AvgIpc) is 2.41. The smallest absolute Gasteiger partial charge is 0.126 e. The Morgan fingerprint density at radius 3 is 2.42 bits per heavy atom. The third kappa shape index (κ3) is 2.10. The fraction of sp³-hybridized carbons (Fsp3) is 0.412.